The number of ether oxygens (including phenoxy) is 2. The zero-order valence-electron chi connectivity index (χ0n) is 11.3. The van der Waals surface area contributed by atoms with E-state index in [-0.39, 0.29) is 13.2 Å². The van der Waals surface area contributed by atoms with Crippen molar-refractivity contribution in [3.8, 4) is 5.75 Å². The van der Waals surface area contributed by atoms with E-state index in [1.807, 2.05) is 31.2 Å². The van der Waals surface area contributed by atoms with Crippen LogP contribution in [0.15, 0.2) is 36.9 Å². The third-order valence-electron chi connectivity index (χ3n) is 2.24. The molecule has 0 fully saturated rings. The lowest BCUT2D eigenvalue weighted by molar-refractivity contribution is -0.128. The second kappa shape index (κ2) is 8.16. The Bertz CT molecular complexity index is 402. The van der Waals surface area contributed by atoms with Crippen LogP contribution < -0.4 is 4.74 Å². The Morgan fingerprint density at radius 1 is 1.37 bits per heavy atom. The van der Waals surface area contributed by atoms with Crippen molar-refractivity contribution in [2.24, 2.45) is 0 Å². The van der Waals surface area contributed by atoms with E-state index in [0.717, 1.165) is 16.4 Å². The predicted octanol–water partition coefficient (Wildman–Crippen LogP) is 2.77. The molecular weight excluding hydrogens is 246 g/mol. The molecule has 19 heavy (non-hydrogen) atoms. The first-order valence-electron chi connectivity index (χ1n) is 6.03. The Balaban J connectivity index is 2.38. The second-order valence-corrected chi connectivity index (χ2v) is 3.71. The average molecular weight is 265 g/mol. The maximum Gasteiger partial charge on any atom is 0.433 e. The molecule has 5 heteroatoms. The van der Waals surface area contributed by atoms with Gasteiger partial charge in [-0.25, -0.2) is 4.79 Å². The molecule has 1 aromatic carbocycles. The van der Waals surface area contributed by atoms with Crippen molar-refractivity contribution in [1.29, 1.82) is 0 Å². The number of rotatable bonds is 7. The quantitative estimate of drug-likeness (QED) is 0.562. The number of amides is 1. The molecule has 0 radical (unpaired) electrons. The Labute approximate surface area is 113 Å². The summed E-state index contributed by atoms with van der Waals surface area (Å²) in [5.41, 5.74) is 0.937. The van der Waals surface area contributed by atoms with Crippen molar-refractivity contribution in [3.05, 3.63) is 42.5 Å². The third-order valence-corrected chi connectivity index (χ3v) is 2.24. The van der Waals surface area contributed by atoms with Crippen molar-refractivity contribution in [2.45, 2.75) is 13.5 Å². The van der Waals surface area contributed by atoms with E-state index in [9.17, 15) is 4.79 Å². The summed E-state index contributed by atoms with van der Waals surface area (Å²) >= 11 is 0. The zero-order chi connectivity index (χ0) is 14.1. The number of hydrogen-bond donors (Lipinski definition) is 0. The largest absolute Gasteiger partial charge is 0.494 e. The Kier molecular flexibility index (Phi) is 6.46. The number of carbonyl (C=O) groups excluding carboxylic acids is 1. The molecule has 0 aliphatic rings. The molecule has 0 saturated carbocycles. The molecule has 0 aromatic heterocycles. The van der Waals surface area contributed by atoms with E-state index in [1.54, 1.807) is 0 Å². The van der Waals surface area contributed by atoms with E-state index >= 15 is 0 Å². The molecule has 1 rings (SSSR count). The molecule has 0 aliphatic carbocycles. The molecule has 0 spiro atoms. The first-order chi connectivity index (χ1) is 9.17. The van der Waals surface area contributed by atoms with Crippen LogP contribution in [0.2, 0.25) is 0 Å². The third kappa shape index (κ3) is 5.44. The summed E-state index contributed by atoms with van der Waals surface area (Å²) in [6, 6.07) is 7.48. The minimum Gasteiger partial charge on any atom is -0.494 e. The monoisotopic (exact) mass is 265 g/mol. The Hall–Kier alpha value is -2.01. The normalized spacial score (nSPS) is 9.79. The van der Waals surface area contributed by atoms with Crippen molar-refractivity contribution >= 4 is 6.09 Å². The van der Waals surface area contributed by atoms with Crippen LogP contribution >= 0.6 is 0 Å². The molecule has 104 valence electrons. The van der Waals surface area contributed by atoms with E-state index < -0.39 is 6.09 Å². The van der Waals surface area contributed by atoms with Crippen molar-refractivity contribution < 1.29 is 19.1 Å². The smallest absolute Gasteiger partial charge is 0.433 e. The first kappa shape index (κ1) is 15.0. The Morgan fingerprint density at radius 3 is 2.63 bits per heavy atom. The number of benzene rings is 1. The molecule has 1 amide bonds. The van der Waals surface area contributed by atoms with Crippen LogP contribution in [0, 0.1) is 0 Å². The SMILES string of the molecule is C=CCOC(=O)N(C)OCc1ccc(OCC)cc1. The van der Waals surface area contributed by atoms with Crippen LogP contribution in [0.3, 0.4) is 0 Å². The number of nitrogens with zero attached hydrogens (tertiary/aromatic N) is 1. The van der Waals surface area contributed by atoms with Gasteiger partial charge in [0.2, 0.25) is 0 Å². The number of carbonyl (C=O) groups is 1. The van der Waals surface area contributed by atoms with Crippen LogP contribution in [0.4, 0.5) is 4.79 Å². The molecule has 1 aromatic rings. The summed E-state index contributed by atoms with van der Waals surface area (Å²) in [4.78, 5) is 16.6. The fourth-order valence-electron chi connectivity index (χ4n) is 1.29. The number of hydrogen-bond acceptors (Lipinski definition) is 4. The molecule has 0 atom stereocenters. The van der Waals surface area contributed by atoms with Crippen LogP contribution in [-0.4, -0.2) is 31.4 Å². The van der Waals surface area contributed by atoms with E-state index in [1.165, 1.54) is 13.1 Å². The maximum absolute atomic E-state index is 11.4. The molecule has 5 nitrogen and oxygen atoms in total. The van der Waals surface area contributed by atoms with E-state index in [4.69, 9.17) is 14.3 Å². The fourth-order valence-corrected chi connectivity index (χ4v) is 1.29. The standard InChI is InChI=1S/C14H19NO4/c1-4-10-18-14(16)15(3)19-11-12-6-8-13(9-7-12)17-5-2/h4,6-9H,1,5,10-11H2,2-3H3. The molecule has 0 bridgehead atoms. The van der Waals surface area contributed by atoms with Gasteiger partial charge in [-0.05, 0) is 24.6 Å². The minimum atomic E-state index is -0.550. The van der Waals surface area contributed by atoms with E-state index in [2.05, 4.69) is 6.58 Å². The fraction of sp³-hybridized carbons (Fsp3) is 0.357. The summed E-state index contributed by atoms with van der Waals surface area (Å²) in [6.07, 6.45) is 0.948. The molecule has 0 unspecified atom stereocenters. The summed E-state index contributed by atoms with van der Waals surface area (Å²) in [5, 5.41) is 1.06. The molecule has 0 heterocycles. The van der Waals surface area contributed by atoms with Gasteiger partial charge < -0.3 is 9.47 Å². The highest BCUT2D eigenvalue weighted by Crippen LogP contribution is 2.13. The van der Waals surface area contributed by atoms with Crippen molar-refractivity contribution in [1.82, 2.24) is 5.06 Å². The van der Waals surface area contributed by atoms with Crippen LogP contribution in [-0.2, 0) is 16.2 Å². The van der Waals surface area contributed by atoms with Gasteiger partial charge >= 0.3 is 6.09 Å². The number of hydroxylamine groups is 2. The predicted molar refractivity (Wildman–Crippen MR) is 71.7 cm³/mol. The summed E-state index contributed by atoms with van der Waals surface area (Å²) in [6.45, 7) is 6.47. The summed E-state index contributed by atoms with van der Waals surface area (Å²) < 4.78 is 10.2. The van der Waals surface area contributed by atoms with Gasteiger partial charge in [0.05, 0.1) is 6.61 Å². The van der Waals surface area contributed by atoms with Gasteiger partial charge in [0.1, 0.15) is 19.0 Å². The molecule has 0 saturated heterocycles. The van der Waals surface area contributed by atoms with Gasteiger partial charge in [0, 0.05) is 7.05 Å². The highest BCUT2D eigenvalue weighted by Gasteiger charge is 2.09. The molecular formula is C14H19NO4. The Morgan fingerprint density at radius 2 is 2.05 bits per heavy atom. The van der Waals surface area contributed by atoms with Gasteiger partial charge in [-0.2, -0.15) is 5.06 Å². The van der Waals surface area contributed by atoms with Gasteiger partial charge in [0.15, 0.2) is 0 Å². The lowest BCUT2D eigenvalue weighted by Gasteiger charge is -2.16. The maximum atomic E-state index is 11.4. The van der Waals surface area contributed by atoms with Crippen molar-refractivity contribution in [3.63, 3.8) is 0 Å². The zero-order valence-corrected chi connectivity index (χ0v) is 11.3. The van der Waals surface area contributed by atoms with E-state index in [0.29, 0.717) is 6.61 Å². The highest BCUT2D eigenvalue weighted by atomic mass is 16.7. The summed E-state index contributed by atoms with van der Waals surface area (Å²) in [5.74, 6) is 0.810. The van der Waals surface area contributed by atoms with Crippen LogP contribution in [0.25, 0.3) is 0 Å². The molecule has 0 aliphatic heterocycles. The van der Waals surface area contributed by atoms with Gasteiger partial charge in [-0.3, -0.25) is 4.84 Å². The summed E-state index contributed by atoms with van der Waals surface area (Å²) in [7, 11) is 1.50. The average Bonchev–Trinajstić information content (AvgIpc) is 2.44. The lowest BCUT2D eigenvalue weighted by atomic mass is 10.2. The van der Waals surface area contributed by atoms with Crippen LogP contribution in [0.1, 0.15) is 12.5 Å². The minimum absolute atomic E-state index is 0.162. The van der Waals surface area contributed by atoms with Gasteiger partial charge in [-0.1, -0.05) is 24.8 Å². The topological polar surface area (TPSA) is 48.0 Å². The van der Waals surface area contributed by atoms with Gasteiger partial charge in [0.25, 0.3) is 0 Å². The first-order valence-corrected chi connectivity index (χ1v) is 6.03. The van der Waals surface area contributed by atoms with Gasteiger partial charge in [-0.15, -0.1) is 0 Å². The molecule has 0 N–H and O–H groups in total. The highest BCUT2D eigenvalue weighted by molar-refractivity contribution is 5.65. The lowest BCUT2D eigenvalue weighted by Crippen LogP contribution is -2.27. The van der Waals surface area contributed by atoms with Crippen LogP contribution in [0.5, 0.6) is 5.75 Å². The second-order valence-electron chi connectivity index (χ2n) is 3.71. The van der Waals surface area contributed by atoms with Crippen molar-refractivity contribution in [2.75, 3.05) is 20.3 Å².